The maximum atomic E-state index is 12.7. The summed E-state index contributed by atoms with van der Waals surface area (Å²) < 4.78 is 32.9. The first kappa shape index (κ1) is 63.9. The van der Waals surface area contributed by atoms with Crippen LogP contribution >= 0.6 is 7.82 Å². The molecule has 3 N–H and O–H groups in total. The summed E-state index contributed by atoms with van der Waals surface area (Å²) in [6.45, 7) is 3.54. The molecule has 0 rings (SSSR count). The van der Waals surface area contributed by atoms with Gasteiger partial charge in [0, 0.05) is 19.4 Å². The molecule has 0 aromatic rings. The Morgan fingerprint density at radius 1 is 0.463 bits per heavy atom. The van der Waals surface area contributed by atoms with Crippen molar-refractivity contribution in [1.29, 1.82) is 0 Å². The average Bonchev–Trinajstić information content (AvgIpc) is 3.32. The van der Waals surface area contributed by atoms with Gasteiger partial charge in [-0.2, -0.15) is 0 Å². The number of allylic oxidation sites excluding steroid dienone is 16. The molecule has 0 radical (unpaired) electrons. The normalized spacial score (nSPS) is 13.9. The number of hydrogen-bond acceptors (Lipinski definition) is 8. The molecule has 0 saturated heterocycles. The highest BCUT2D eigenvalue weighted by Gasteiger charge is 2.26. The van der Waals surface area contributed by atoms with Crippen LogP contribution in [0.4, 0.5) is 0 Å². The zero-order chi connectivity index (χ0) is 48.8. The van der Waals surface area contributed by atoms with Gasteiger partial charge < -0.3 is 20.1 Å². The number of nitrogens with two attached hydrogens (primary N) is 1. The van der Waals surface area contributed by atoms with Crippen molar-refractivity contribution in [3.63, 3.8) is 0 Å². The van der Waals surface area contributed by atoms with Crippen LogP contribution < -0.4 is 5.73 Å². The standard InChI is InChI=1S/C57H98NO8P/c1-3-5-7-9-11-13-15-17-18-19-20-21-22-23-24-25-26-27-28-29-30-31-32-33-34-35-36-38-40-42-44-46-48-50-57(60)66-55(54-65-67(61,62)64-52-51-58)53-63-56(59)49-47-45-43-41-39-37-16-14-12-10-8-6-4-2/h5,7-8,10-11,13-14,16-18,20-21,23-24,26-27,55H,3-4,6,9,12,15,19,22,25,28-54,58H2,1-2H3,(H,61,62)/b7-5-,10-8-,13-11-,16-14-,18-17-,21-20-,24-23-,27-26-. The minimum atomic E-state index is -4.39. The number of ether oxygens (including phenoxy) is 2. The number of phosphoric acid groups is 1. The van der Waals surface area contributed by atoms with Crippen molar-refractivity contribution in [1.82, 2.24) is 0 Å². The van der Waals surface area contributed by atoms with Gasteiger partial charge in [-0.25, -0.2) is 4.57 Å². The Labute approximate surface area is 410 Å². The third-order valence-corrected chi connectivity index (χ3v) is 11.9. The first-order chi connectivity index (χ1) is 32.8. The molecule has 0 spiro atoms. The van der Waals surface area contributed by atoms with Crippen LogP contribution in [0, 0.1) is 0 Å². The zero-order valence-electron chi connectivity index (χ0n) is 42.6. The summed E-state index contributed by atoms with van der Waals surface area (Å²) >= 11 is 0. The van der Waals surface area contributed by atoms with Crippen LogP contribution in [0.3, 0.4) is 0 Å². The van der Waals surface area contributed by atoms with Crippen molar-refractivity contribution in [2.75, 3.05) is 26.4 Å². The minimum Gasteiger partial charge on any atom is -0.462 e. The van der Waals surface area contributed by atoms with E-state index in [1.54, 1.807) is 0 Å². The number of unbranched alkanes of at least 4 members (excludes halogenated alkanes) is 20. The van der Waals surface area contributed by atoms with Gasteiger partial charge in [-0.15, -0.1) is 0 Å². The van der Waals surface area contributed by atoms with E-state index in [4.69, 9.17) is 24.3 Å². The van der Waals surface area contributed by atoms with E-state index in [9.17, 15) is 19.0 Å². The van der Waals surface area contributed by atoms with Crippen molar-refractivity contribution in [3.05, 3.63) is 97.2 Å². The Kier molecular flexibility index (Phi) is 49.9. The van der Waals surface area contributed by atoms with Crippen LogP contribution in [0.25, 0.3) is 0 Å². The number of rotatable bonds is 49. The molecule has 0 aromatic carbocycles. The van der Waals surface area contributed by atoms with E-state index in [0.717, 1.165) is 103 Å². The first-order valence-electron chi connectivity index (χ1n) is 26.7. The number of phosphoric ester groups is 1. The van der Waals surface area contributed by atoms with E-state index in [-0.39, 0.29) is 32.6 Å². The van der Waals surface area contributed by atoms with Gasteiger partial charge in [0.15, 0.2) is 6.10 Å². The van der Waals surface area contributed by atoms with Crippen molar-refractivity contribution >= 4 is 19.8 Å². The van der Waals surface area contributed by atoms with E-state index < -0.39 is 32.5 Å². The molecule has 0 aliphatic carbocycles. The molecule has 0 saturated carbocycles. The van der Waals surface area contributed by atoms with Crippen molar-refractivity contribution in [2.24, 2.45) is 5.73 Å². The molecule has 0 heterocycles. The predicted octanol–water partition coefficient (Wildman–Crippen LogP) is 16.5. The Balaban J connectivity index is 3.94. The molecule has 67 heavy (non-hydrogen) atoms. The number of carbonyl (C=O) groups excluding carboxylic acids is 2. The maximum absolute atomic E-state index is 12.7. The molecule has 384 valence electrons. The minimum absolute atomic E-state index is 0.0477. The van der Waals surface area contributed by atoms with Gasteiger partial charge in [-0.05, 0) is 89.9 Å². The lowest BCUT2D eigenvalue weighted by atomic mass is 10.0. The second-order valence-corrected chi connectivity index (χ2v) is 18.8. The lowest BCUT2D eigenvalue weighted by molar-refractivity contribution is -0.161. The molecule has 2 atom stereocenters. The molecule has 0 amide bonds. The fourth-order valence-electron chi connectivity index (χ4n) is 7.03. The van der Waals surface area contributed by atoms with Gasteiger partial charge in [0.25, 0.3) is 0 Å². The summed E-state index contributed by atoms with van der Waals surface area (Å²) in [6.07, 6.45) is 68.9. The lowest BCUT2D eigenvalue weighted by Gasteiger charge is -2.19. The Hall–Kier alpha value is -3.07. The molecular weight excluding hydrogens is 858 g/mol. The van der Waals surface area contributed by atoms with E-state index in [2.05, 4.69) is 111 Å². The van der Waals surface area contributed by atoms with E-state index in [1.165, 1.54) is 77.0 Å². The summed E-state index contributed by atoms with van der Waals surface area (Å²) in [5, 5.41) is 0. The van der Waals surface area contributed by atoms with Gasteiger partial charge in [0.05, 0.1) is 13.2 Å². The molecule has 0 aliphatic heterocycles. The fourth-order valence-corrected chi connectivity index (χ4v) is 7.79. The fraction of sp³-hybridized carbons (Fsp3) is 0.684. The number of hydrogen-bond donors (Lipinski definition) is 2. The molecule has 9 nitrogen and oxygen atoms in total. The van der Waals surface area contributed by atoms with E-state index in [0.29, 0.717) is 12.8 Å². The van der Waals surface area contributed by atoms with Gasteiger partial charge in [-0.3, -0.25) is 18.6 Å². The van der Waals surface area contributed by atoms with Gasteiger partial charge in [-0.1, -0.05) is 214 Å². The summed E-state index contributed by atoms with van der Waals surface area (Å²) in [4.78, 5) is 35.0. The van der Waals surface area contributed by atoms with Crippen LogP contribution in [0.1, 0.15) is 219 Å². The SMILES string of the molecule is CC/C=C\C/C=C\C/C=C\C/C=C\C/C=C\C/C=C\CCCCCCCCCCCCCCCCC(=O)OC(COC(=O)CCCCCCC/C=C\C/C=C\CCC)COP(=O)(O)OCCN. The van der Waals surface area contributed by atoms with Crippen LogP contribution in [-0.2, 0) is 32.7 Å². The highest BCUT2D eigenvalue weighted by Crippen LogP contribution is 2.43. The molecule has 0 aliphatic rings. The van der Waals surface area contributed by atoms with Crippen molar-refractivity contribution in [2.45, 2.75) is 225 Å². The highest BCUT2D eigenvalue weighted by atomic mass is 31.2. The van der Waals surface area contributed by atoms with E-state index in [1.807, 2.05) is 0 Å². The largest absolute Gasteiger partial charge is 0.472 e. The Morgan fingerprint density at radius 2 is 0.821 bits per heavy atom. The second kappa shape index (κ2) is 52.3. The molecular formula is C57H98NO8P. The van der Waals surface area contributed by atoms with Gasteiger partial charge >= 0.3 is 19.8 Å². The summed E-state index contributed by atoms with van der Waals surface area (Å²) in [5.41, 5.74) is 5.36. The predicted molar refractivity (Wildman–Crippen MR) is 284 cm³/mol. The third-order valence-electron chi connectivity index (χ3n) is 10.9. The van der Waals surface area contributed by atoms with Crippen molar-refractivity contribution in [3.8, 4) is 0 Å². The summed E-state index contributed by atoms with van der Waals surface area (Å²) in [5.74, 6) is -0.848. The molecule has 0 fully saturated rings. The molecule has 2 unspecified atom stereocenters. The lowest BCUT2D eigenvalue weighted by Crippen LogP contribution is -2.29. The van der Waals surface area contributed by atoms with Gasteiger partial charge in [0.1, 0.15) is 6.61 Å². The second-order valence-electron chi connectivity index (χ2n) is 17.4. The molecule has 0 bridgehead atoms. The maximum Gasteiger partial charge on any atom is 0.472 e. The first-order valence-corrected chi connectivity index (χ1v) is 28.2. The summed E-state index contributed by atoms with van der Waals surface area (Å²) in [6, 6.07) is 0. The Bertz CT molecular complexity index is 1410. The van der Waals surface area contributed by atoms with Crippen LogP contribution in [0.5, 0.6) is 0 Å². The van der Waals surface area contributed by atoms with Crippen LogP contribution in [0.15, 0.2) is 97.2 Å². The third kappa shape index (κ3) is 52.2. The van der Waals surface area contributed by atoms with Gasteiger partial charge in [0.2, 0.25) is 0 Å². The van der Waals surface area contributed by atoms with Crippen LogP contribution in [0.2, 0.25) is 0 Å². The average molecular weight is 956 g/mol. The topological polar surface area (TPSA) is 134 Å². The Morgan fingerprint density at radius 3 is 1.22 bits per heavy atom. The van der Waals surface area contributed by atoms with E-state index >= 15 is 0 Å². The quantitative estimate of drug-likeness (QED) is 0.0264. The monoisotopic (exact) mass is 956 g/mol. The summed E-state index contributed by atoms with van der Waals surface area (Å²) in [7, 11) is -4.39. The van der Waals surface area contributed by atoms with Crippen molar-refractivity contribution < 1.29 is 37.6 Å². The highest BCUT2D eigenvalue weighted by molar-refractivity contribution is 7.47. The number of carbonyl (C=O) groups is 2. The molecule has 10 heteroatoms. The zero-order valence-corrected chi connectivity index (χ0v) is 43.5. The van der Waals surface area contributed by atoms with Crippen LogP contribution in [-0.4, -0.2) is 49.3 Å². The number of esters is 2. The smallest absolute Gasteiger partial charge is 0.462 e. The molecule has 0 aromatic heterocycles.